The molecule has 0 aliphatic carbocycles. The van der Waals surface area contributed by atoms with Gasteiger partial charge in [-0.15, -0.1) is 0 Å². The van der Waals surface area contributed by atoms with Crippen LogP contribution < -0.4 is 0 Å². The summed E-state index contributed by atoms with van der Waals surface area (Å²) < 4.78 is 30.7. The summed E-state index contributed by atoms with van der Waals surface area (Å²) in [6.07, 6.45) is 3.47. The van der Waals surface area contributed by atoms with Crippen LogP contribution in [0.2, 0.25) is 0 Å². The Morgan fingerprint density at radius 2 is 2.27 bits per heavy atom. The first-order chi connectivity index (χ1) is 6.99. The minimum Gasteiger partial charge on any atom is -0.264 e. The summed E-state index contributed by atoms with van der Waals surface area (Å²) >= 11 is 0. The van der Waals surface area contributed by atoms with E-state index in [2.05, 4.69) is 15.7 Å². The van der Waals surface area contributed by atoms with Crippen LogP contribution in [0.25, 0.3) is 6.08 Å². The van der Waals surface area contributed by atoms with E-state index in [1.807, 2.05) is 18.2 Å². The summed E-state index contributed by atoms with van der Waals surface area (Å²) in [5.74, 6) is 0. The maximum Gasteiger partial charge on any atom is 0.397 e. The topological polar surface area (TPSA) is 76.5 Å². The molecule has 5 nitrogen and oxygen atoms in total. The van der Waals surface area contributed by atoms with Crippen molar-refractivity contribution in [3.63, 3.8) is 0 Å². The van der Waals surface area contributed by atoms with Gasteiger partial charge < -0.3 is 0 Å². The van der Waals surface area contributed by atoms with Gasteiger partial charge in [-0.3, -0.25) is 9.54 Å². The fourth-order valence-corrected chi connectivity index (χ4v) is 0.944. The molecule has 0 aromatic carbocycles. The maximum absolute atomic E-state index is 9.56. The molecule has 15 heavy (non-hydrogen) atoms. The molecule has 84 valence electrons. The third-order valence-corrected chi connectivity index (χ3v) is 1.70. The van der Waals surface area contributed by atoms with Gasteiger partial charge in [-0.25, -0.2) is 4.18 Å². The molecule has 0 aliphatic heterocycles. The van der Waals surface area contributed by atoms with Gasteiger partial charge in [-0.05, 0) is 25.1 Å². The lowest BCUT2D eigenvalue weighted by Gasteiger charge is -1.88. The molecule has 0 saturated carbocycles. The van der Waals surface area contributed by atoms with Crippen molar-refractivity contribution in [2.45, 2.75) is 6.92 Å². The highest BCUT2D eigenvalue weighted by Crippen LogP contribution is 1.91. The van der Waals surface area contributed by atoms with Crippen molar-refractivity contribution in [1.82, 2.24) is 4.98 Å². The number of rotatable bonds is 3. The lowest BCUT2D eigenvalue weighted by molar-refractivity contribution is 0.283. The molecule has 1 N–H and O–H groups in total. The van der Waals surface area contributed by atoms with Crippen molar-refractivity contribution >= 4 is 16.5 Å². The quantitative estimate of drug-likeness (QED) is 0.799. The molecule has 1 heterocycles. The van der Waals surface area contributed by atoms with Gasteiger partial charge in [0.1, 0.15) is 0 Å². The molecule has 0 unspecified atom stereocenters. The monoisotopic (exact) mass is 231 g/mol. The van der Waals surface area contributed by atoms with Gasteiger partial charge in [0, 0.05) is 6.20 Å². The van der Waals surface area contributed by atoms with Crippen molar-refractivity contribution in [2.24, 2.45) is 0 Å². The highest BCUT2D eigenvalue weighted by molar-refractivity contribution is 7.80. The van der Waals surface area contributed by atoms with Crippen molar-refractivity contribution in [2.75, 3.05) is 6.61 Å². The third kappa shape index (κ3) is 9.07. The predicted octanol–water partition coefficient (Wildman–Crippen LogP) is 1.55. The first-order valence-corrected chi connectivity index (χ1v) is 5.51. The fraction of sp³-hybridized carbons (Fsp3) is 0.222. The van der Waals surface area contributed by atoms with Crippen molar-refractivity contribution in [1.29, 1.82) is 0 Å². The second-order valence-corrected chi connectivity index (χ2v) is 3.38. The van der Waals surface area contributed by atoms with Gasteiger partial charge in [0.2, 0.25) is 0 Å². The molecule has 0 spiro atoms. The van der Waals surface area contributed by atoms with Gasteiger partial charge >= 0.3 is 10.4 Å². The number of hydrogen-bond donors (Lipinski definition) is 1. The lowest BCUT2D eigenvalue weighted by atomic mass is 10.4. The van der Waals surface area contributed by atoms with Gasteiger partial charge in [-0.2, -0.15) is 8.42 Å². The molecule has 1 aromatic rings. The van der Waals surface area contributed by atoms with E-state index in [1.165, 1.54) is 6.92 Å². The molecular formula is C9H13NO4S. The van der Waals surface area contributed by atoms with Crippen LogP contribution in [-0.4, -0.2) is 24.6 Å². The molecule has 1 rings (SSSR count). The van der Waals surface area contributed by atoms with Crippen LogP contribution in [0.1, 0.15) is 12.6 Å². The van der Waals surface area contributed by atoms with E-state index in [0.29, 0.717) is 0 Å². The standard InChI is InChI=1S/C7H7N.C2H6O4S/c1-2-7-5-3-4-6-8-7;1-2-6-7(3,4)5/h2-6H,1H2;2H2,1H3,(H,3,4,5). The highest BCUT2D eigenvalue weighted by atomic mass is 32.3. The van der Waals surface area contributed by atoms with Gasteiger partial charge in [0.25, 0.3) is 0 Å². The van der Waals surface area contributed by atoms with Crippen molar-refractivity contribution < 1.29 is 17.2 Å². The summed E-state index contributed by atoms with van der Waals surface area (Å²) in [5.41, 5.74) is 0.924. The minimum atomic E-state index is -4.17. The molecule has 0 atom stereocenters. The van der Waals surface area contributed by atoms with E-state index in [0.717, 1.165) is 5.69 Å². The molecule has 6 heteroatoms. The van der Waals surface area contributed by atoms with Crippen molar-refractivity contribution in [3.8, 4) is 0 Å². The number of aromatic nitrogens is 1. The average molecular weight is 231 g/mol. The van der Waals surface area contributed by atoms with Crippen LogP contribution in [0.4, 0.5) is 0 Å². The highest BCUT2D eigenvalue weighted by Gasteiger charge is 1.98. The van der Waals surface area contributed by atoms with Crippen molar-refractivity contribution in [3.05, 3.63) is 36.7 Å². The van der Waals surface area contributed by atoms with E-state index in [1.54, 1.807) is 12.3 Å². The molecule has 0 fully saturated rings. The van der Waals surface area contributed by atoms with Crippen LogP contribution in [0.15, 0.2) is 31.0 Å². The molecule has 1 aromatic heterocycles. The zero-order chi connectivity index (χ0) is 11.7. The van der Waals surface area contributed by atoms with E-state index < -0.39 is 10.4 Å². The third-order valence-electron chi connectivity index (χ3n) is 1.16. The van der Waals surface area contributed by atoms with Crippen LogP contribution in [0.3, 0.4) is 0 Å². The molecule has 0 saturated heterocycles. The van der Waals surface area contributed by atoms with Crippen LogP contribution in [-0.2, 0) is 14.6 Å². The largest absolute Gasteiger partial charge is 0.397 e. The lowest BCUT2D eigenvalue weighted by Crippen LogP contribution is -2.01. The second kappa shape index (κ2) is 7.10. The first kappa shape index (κ1) is 13.8. The normalized spacial score (nSPS) is 10.0. The fourth-order valence-electron chi connectivity index (χ4n) is 0.646. The first-order valence-electron chi connectivity index (χ1n) is 4.15. The summed E-state index contributed by atoms with van der Waals surface area (Å²) in [6, 6.07) is 5.73. The smallest absolute Gasteiger partial charge is 0.264 e. The Balaban J connectivity index is 0.000000265. The Morgan fingerprint density at radius 3 is 2.47 bits per heavy atom. The molecule has 0 amide bonds. The van der Waals surface area contributed by atoms with Crippen LogP contribution in [0.5, 0.6) is 0 Å². The van der Waals surface area contributed by atoms with Gasteiger partial charge in [0.05, 0.1) is 12.3 Å². The Bertz CT molecular complexity index is 374. The van der Waals surface area contributed by atoms with Gasteiger partial charge in [0.15, 0.2) is 0 Å². The minimum absolute atomic E-state index is 0.0289. The van der Waals surface area contributed by atoms with Crippen LogP contribution >= 0.6 is 0 Å². The second-order valence-electron chi connectivity index (χ2n) is 2.29. The summed E-state index contributed by atoms with van der Waals surface area (Å²) in [5, 5.41) is 0. The number of nitrogens with zero attached hydrogens (tertiary/aromatic N) is 1. The summed E-state index contributed by atoms with van der Waals surface area (Å²) in [4.78, 5) is 3.98. The van der Waals surface area contributed by atoms with Crippen LogP contribution in [0, 0.1) is 0 Å². The Kier molecular flexibility index (Phi) is 6.52. The zero-order valence-corrected chi connectivity index (χ0v) is 9.14. The molecule has 0 radical (unpaired) electrons. The molecule has 0 aliphatic rings. The SMILES string of the molecule is C=Cc1ccccn1.CCOS(=O)(=O)O. The van der Waals surface area contributed by atoms with E-state index in [9.17, 15) is 8.42 Å². The van der Waals surface area contributed by atoms with E-state index >= 15 is 0 Å². The summed E-state index contributed by atoms with van der Waals surface area (Å²) in [7, 11) is -4.17. The Hall–Kier alpha value is -1.24. The molecular weight excluding hydrogens is 218 g/mol. The number of pyridine rings is 1. The van der Waals surface area contributed by atoms with E-state index in [4.69, 9.17) is 4.55 Å². The zero-order valence-electron chi connectivity index (χ0n) is 8.33. The predicted molar refractivity (Wildman–Crippen MR) is 57.5 cm³/mol. The van der Waals surface area contributed by atoms with E-state index in [-0.39, 0.29) is 6.61 Å². The summed E-state index contributed by atoms with van der Waals surface area (Å²) in [6.45, 7) is 5.01. The number of hydrogen-bond acceptors (Lipinski definition) is 4. The van der Waals surface area contributed by atoms with Gasteiger partial charge in [-0.1, -0.05) is 12.6 Å². The Morgan fingerprint density at radius 1 is 1.60 bits per heavy atom. The Labute approximate surface area is 89.4 Å². The maximum atomic E-state index is 9.56. The average Bonchev–Trinajstić information content (AvgIpc) is 2.18. The molecule has 0 bridgehead atoms.